The minimum absolute atomic E-state index is 0.00937. The molecule has 1 aromatic rings. The molecule has 59 heavy (non-hydrogen) atoms. The Hall–Kier alpha value is -3.59. The summed E-state index contributed by atoms with van der Waals surface area (Å²) in [4.78, 5) is 73.4. The first-order chi connectivity index (χ1) is 27.8. The van der Waals surface area contributed by atoms with E-state index in [0.717, 1.165) is 18.4 Å². The van der Waals surface area contributed by atoms with Crippen LogP contribution in [0, 0.1) is 29.6 Å². The van der Waals surface area contributed by atoms with Crippen LogP contribution < -0.4 is 16.0 Å². The number of rotatable bonds is 25. The fourth-order valence-electron chi connectivity index (χ4n) is 8.77. The minimum Gasteiger partial charge on any atom is -0.480 e. The zero-order chi connectivity index (χ0) is 44.7. The van der Waals surface area contributed by atoms with Gasteiger partial charge in [0.15, 0.2) is 0 Å². The lowest BCUT2D eigenvalue weighted by molar-refractivity contribution is -0.148. The number of methoxy groups -OCH3 is 2. The average Bonchev–Trinajstić information content (AvgIpc) is 3.67. The van der Waals surface area contributed by atoms with Crippen molar-refractivity contribution in [2.24, 2.45) is 29.6 Å². The molecule has 336 valence electrons. The van der Waals surface area contributed by atoms with Gasteiger partial charge < -0.3 is 45.2 Å². The fraction of sp³-hybridized carbons (Fsp3) is 0.756. The standard InChI is InChI=1S/C45H78N6O8/c1-15-30(8)40(50(12)44(55)38(28(4)5)48-42(53)39(29(6)7)49(11)43(54)37(46-10)27(2)3)35(58-13)25-36(52)51-23-19-22-34(51)41(59-14)31(9)26-47-33(45(56)57)24-32-20-17-16-18-21-32/h16-18,20-21,27-31,33-35,37-41,46-47H,15,19,22-26H2,1-14H3,(H,48,53)(H,56,57)/t30-,31+,33-,34-,35+,37-,38-,39-,40-,41+/m0/s1. The van der Waals surface area contributed by atoms with E-state index in [4.69, 9.17) is 9.47 Å². The van der Waals surface area contributed by atoms with Crippen LogP contribution >= 0.6 is 0 Å². The minimum atomic E-state index is -0.927. The molecule has 0 saturated carbocycles. The average molecular weight is 831 g/mol. The van der Waals surface area contributed by atoms with Gasteiger partial charge in [-0.2, -0.15) is 0 Å². The summed E-state index contributed by atoms with van der Waals surface area (Å²) in [6.07, 6.45) is 1.64. The lowest BCUT2D eigenvalue weighted by Gasteiger charge is -2.41. The maximum atomic E-state index is 14.5. The van der Waals surface area contributed by atoms with Gasteiger partial charge in [0.25, 0.3) is 0 Å². The van der Waals surface area contributed by atoms with Crippen LogP contribution in [0.4, 0.5) is 0 Å². The van der Waals surface area contributed by atoms with Gasteiger partial charge in [-0.1, -0.05) is 99.1 Å². The van der Waals surface area contributed by atoms with E-state index in [1.54, 1.807) is 40.3 Å². The number of nitrogens with one attached hydrogen (secondary N) is 3. The Labute approximate surface area is 354 Å². The van der Waals surface area contributed by atoms with Crippen molar-refractivity contribution in [1.29, 1.82) is 0 Å². The molecule has 0 spiro atoms. The molecule has 1 heterocycles. The van der Waals surface area contributed by atoms with Crippen molar-refractivity contribution < 1.29 is 38.6 Å². The summed E-state index contributed by atoms with van der Waals surface area (Å²) in [5.41, 5.74) is 0.928. The van der Waals surface area contributed by atoms with Crippen molar-refractivity contribution in [3.8, 4) is 0 Å². The second kappa shape index (κ2) is 24.6. The Morgan fingerprint density at radius 3 is 1.93 bits per heavy atom. The molecule has 14 heteroatoms. The van der Waals surface area contributed by atoms with E-state index in [2.05, 4.69) is 16.0 Å². The number of likely N-dealkylation sites (N-methyl/N-ethyl adjacent to an activating group) is 3. The molecule has 1 aliphatic rings. The highest BCUT2D eigenvalue weighted by molar-refractivity contribution is 5.93. The zero-order valence-electron chi connectivity index (χ0n) is 38.5. The van der Waals surface area contributed by atoms with E-state index in [-0.39, 0.29) is 65.9 Å². The number of aliphatic carboxylic acids is 1. The van der Waals surface area contributed by atoms with Gasteiger partial charge in [-0.15, -0.1) is 0 Å². The summed E-state index contributed by atoms with van der Waals surface area (Å²) in [7, 11) is 8.27. The van der Waals surface area contributed by atoms with Crippen LogP contribution in [0.2, 0.25) is 0 Å². The van der Waals surface area contributed by atoms with Crippen LogP contribution in [0.1, 0.15) is 93.6 Å². The molecule has 1 aromatic carbocycles. The van der Waals surface area contributed by atoms with Crippen molar-refractivity contribution in [2.45, 2.75) is 143 Å². The molecule has 1 fully saturated rings. The fourth-order valence-corrected chi connectivity index (χ4v) is 8.77. The highest BCUT2D eigenvalue weighted by Crippen LogP contribution is 2.29. The second-order valence-corrected chi connectivity index (χ2v) is 17.6. The van der Waals surface area contributed by atoms with E-state index >= 15 is 0 Å². The van der Waals surface area contributed by atoms with Gasteiger partial charge in [-0.3, -0.25) is 24.0 Å². The number of carbonyl (C=O) groups excluding carboxylic acids is 4. The second-order valence-electron chi connectivity index (χ2n) is 17.6. The van der Waals surface area contributed by atoms with Crippen molar-refractivity contribution >= 4 is 29.6 Å². The third kappa shape index (κ3) is 14.0. The molecule has 0 radical (unpaired) electrons. The third-order valence-corrected chi connectivity index (χ3v) is 12.3. The Balaban J connectivity index is 2.28. The molecule has 0 unspecified atom stereocenters. The largest absolute Gasteiger partial charge is 0.480 e. The van der Waals surface area contributed by atoms with E-state index in [9.17, 15) is 29.1 Å². The molecule has 1 aliphatic heterocycles. The molecule has 4 amide bonds. The topological polar surface area (TPSA) is 170 Å². The SMILES string of the molecule is CC[C@H](C)[C@@H]([C@@H](CC(=O)N1CCC[C@H]1[C@H](OC)[C@H](C)CN[C@@H](Cc1ccccc1)C(=O)O)OC)N(C)C(=O)[C@@H](NC(=O)[C@H](C(C)C)N(C)C(=O)[C@@H](NC)C(C)C)C(C)C. The van der Waals surface area contributed by atoms with Crippen LogP contribution in [0.15, 0.2) is 30.3 Å². The van der Waals surface area contributed by atoms with Gasteiger partial charge in [-0.25, -0.2) is 0 Å². The molecule has 0 aliphatic carbocycles. The smallest absolute Gasteiger partial charge is 0.321 e. The number of hydrogen-bond donors (Lipinski definition) is 4. The zero-order valence-corrected chi connectivity index (χ0v) is 38.5. The Morgan fingerprint density at radius 2 is 1.44 bits per heavy atom. The predicted molar refractivity (Wildman–Crippen MR) is 232 cm³/mol. The number of carboxylic acids is 1. The first-order valence-corrected chi connectivity index (χ1v) is 21.6. The lowest BCUT2D eigenvalue weighted by atomic mass is 9.89. The van der Waals surface area contributed by atoms with Crippen molar-refractivity contribution in [3.05, 3.63) is 35.9 Å². The summed E-state index contributed by atoms with van der Waals surface area (Å²) in [6, 6.07) is 5.86. The van der Waals surface area contributed by atoms with Crippen LogP contribution in [0.5, 0.6) is 0 Å². The molecule has 2 rings (SSSR count). The molecule has 14 nitrogen and oxygen atoms in total. The number of amides is 4. The van der Waals surface area contributed by atoms with Crippen LogP contribution in [-0.4, -0.2) is 146 Å². The molecule has 10 atom stereocenters. The van der Waals surface area contributed by atoms with Crippen LogP contribution in [0.3, 0.4) is 0 Å². The van der Waals surface area contributed by atoms with Crippen molar-refractivity contribution in [3.63, 3.8) is 0 Å². The summed E-state index contributed by atoms with van der Waals surface area (Å²) >= 11 is 0. The quantitative estimate of drug-likeness (QED) is 0.113. The molecule has 4 N–H and O–H groups in total. The Kier molecular flexibility index (Phi) is 21.5. The molecule has 0 bridgehead atoms. The van der Waals surface area contributed by atoms with Gasteiger partial charge in [0, 0.05) is 41.4 Å². The van der Waals surface area contributed by atoms with Gasteiger partial charge in [-0.05, 0) is 61.5 Å². The Bertz CT molecular complexity index is 1480. The first kappa shape index (κ1) is 51.6. The van der Waals surface area contributed by atoms with Gasteiger partial charge in [0.1, 0.15) is 18.1 Å². The summed E-state index contributed by atoms with van der Waals surface area (Å²) in [6.45, 7) is 18.4. The van der Waals surface area contributed by atoms with Crippen LogP contribution in [0.25, 0.3) is 0 Å². The van der Waals surface area contributed by atoms with Gasteiger partial charge >= 0.3 is 5.97 Å². The highest BCUT2D eigenvalue weighted by Gasteiger charge is 2.43. The van der Waals surface area contributed by atoms with E-state index in [0.29, 0.717) is 25.9 Å². The number of benzene rings is 1. The monoisotopic (exact) mass is 831 g/mol. The number of nitrogens with zero attached hydrogens (tertiary/aromatic N) is 3. The van der Waals surface area contributed by atoms with E-state index in [1.807, 2.05) is 97.5 Å². The number of carbonyl (C=O) groups is 5. The molecular weight excluding hydrogens is 753 g/mol. The van der Waals surface area contributed by atoms with Gasteiger partial charge in [0.05, 0.1) is 36.8 Å². The Morgan fingerprint density at radius 1 is 0.847 bits per heavy atom. The summed E-state index contributed by atoms with van der Waals surface area (Å²) < 4.78 is 12.1. The maximum Gasteiger partial charge on any atom is 0.321 e. The molecular formula is C45H78N6O8. The van der Waals surface area contributed by atoms with E-state index in [1.165, 1.54) is 4.90 Å². The number of carboxylic acid groups (broad SMARTS) is 1. The summed E-state index contributed by atoms with van der Waals surface area (Å²) in [5.74, 6) is -2.59. The predicted octanol–water partition coefficient (Wildman–Crippen LogP) is 4.06. The summed E-state index contributed by atoms with van der Waals surface area (Å²) in [5, 5.41) is 19.3. The maximum absolute atomic E-state index is 14.5. The number of ether oxygens (including phenoxy) is 2. The molecule has 0 aromatic heterocycles. The first-order valence-electron chi connectivity index (χ1n) is 21.6. The van der Waals surface area contributed by atoms with Crippen molar-refractivity contribution in [2.75, 3.05) is 48.5 Å². The molecule has 1 saturated heterocycles. The highest BCUT2D eigenvalue weighted by atomic mass is 16.5. The van der Waals surface area contributed by atoms with E-state index < -0.39 is 48.2 Å². The lowest BCUT2D eigenvalue weighted by Crippen LogP contribution is -2.61. The third-order valence-electron chi connectivity index (χ3n) is 12.3. The number of likely N-dealkylation sites (tertiary alicyclic amines) is 1. The van der Waals surface area contributed by atoms with Crippen LogP contribution in [-0.2, 0) is 39.9 Å². The number of hydrogen-bond acceptors (Lipinski definition) is 9. The van der Waals surface area contributed by atoms with Crippen molar-refractivity contribution in [1.82, 2.24) is 30.7 Å². The normalized spacial score (nSPS) is 19.1. The van der Waals surface area contributed by atoms with Gasteiger partial charge in [0.2, 0.25) is 23.6 Å².